The molecule has 0 bridgehead atoms. The number of aromatic nitrogens is 4. The molecule has 3 heterocycles. The molecule has 10 heteroatoms. The average Bonchev–Trinajstić information content (AvgIpc) is 3.62. The lowest BCUT2D eigenvalue weighted by molar-refractivity contribution is -0.117. The van der Waals surface area contributed by atoms with E-state index in [2.05, 4.69) is 30.0 Å². The zero-order valence-corrected chi connectivity index (χ0v) is 17.7. The van der Waals surface area contributed by atoms with Gasteiger partial charge in [0.25, 0.3) is 0 Å². The summed E-state index contributed by atoms with van der Waals surface area (Å²) in [5, 5.41) is 2.42. The molecule has 0 saturated heterocycles. The number of hydrogen-bond acceptors (Lipinski definition) is 7. The molecule has 1 unspecified atom stereocenters. The van der Waals surface area contributed by atoms with Crippen molar-refractivity contribution in [1.82, 2.24) is 19.9 Å². The summed E-state index contributed by atoms with van der Waals surface area (Å²) in [7, 11) is -3.48. The van der Waals surface area contributed by atoms with E-state index < -0.39 is 15.9 Å². The molecular formula is C21H22N6O3S. The number of sulfonamides is 1. The number of hydrogen-bond donors (Lipinski definition) is 2. The molecule has 4 rings (SSSR count). The molecule has 3 aromatic rings. The molecular weight excluding hydrogens is 416 g/mol. The maximum atomic E-state index is 12.9. The van der Waals surface area contributed by atoms with E-state index in [1.54, 1.807) is 30.7 Å². The third-order valence-electron chi connectivity index (χ3n) is 4.97. The molecule has 31 heavy (non-hydrogen) atoms. The zero-order valence-electron chi connectivity index (χ0n) is 16.9. The molecule has 1 atom stereocenters. The van der Waals surface area contributed by atoms with Gasteiger partial charge in [-0.25, -0.2) is 23.4 Å². The summed E-state index contributed by atoms with van der Waals surface area (Å²) in [6.45, 7) is 1.86. The number of amides is 1. The van der Waals surface area contributed by atoms with E-state index >= 15 is 0 Å². The third kappa shape index (κ3) is 5.02. The van der Waals surface area contributed by atoms with Gasteiger partial charge in [-0.05, 0) is 43.5 Å². The van der Waals surface area contributed by atoms with Crippen molar-refractivity contribution < 1.29 is 13.2 Å². The van der Waals surface area contributed by atoms with Gasteiger partial charge < -0.3 is 5.32 Å². The number of rotatable bonds is 8. The van der Waals surface area contributed by atoms with E-state index in [1.807, 2.05) is 25.1 Å². The Hall–Kier alpha value is -3.40. The quantitative estimate of drug-likeness (QED) is 0.553. The number of carbonyl (C=O) groups is 1. The van der Waals surface area contributed by atoms with Gasteiger partial charge in [0.2, 0.25) is 21.9 Å². The first-order chi connectivity index (χ1) is 15.0. The van der Waals surface area contributed by atoms with Crippen LogP contribution in [0.25, 0.3) is 11.1 Å². The predicted octanol–water partition coefficient (Wildman–Crippen LogP) is 2.97. The van der Waals surface area contributed by atoms with Crippen LogP contribution in [-0.4, -0.2) is 39.5 Å². The van der Waals surface area contributed by atoms with Crippen molar-refractivity contribution in [1.29, 1.82) is 0 Å². The Labute approximate surface area is 180 Å². The Morgan fingerprint density at radius 1 is 1.10 bits per heavy atom. The fraction of sp³-hybridized carbons (Fsp3) is 0.286. The molecule has 9 nitrogen and oxygen atoms in total. The van der Waals surface area contributed by atoms with E-state index in [0.29, 0.717) is 30.8 Å². The second-order valence-corrected chi connectivity index (χ2v) is 9.24. The molecule has 1 saturated carbocycles. The van der Waals surface area contributed by atoms with Crippen LogP contribution < -0.4 is 10.0 Å². The number of nitrogens with one attached hydrogen (secondary N) is 2. The highest BCUT2D eigenvalue weighted by atomic mass is 32.2. The van der Waals surface area contributed by atoms with Gasteiger partial charge in [-0.1, -0.05) is 13.0 Å². The topological polar surface area (TPSA) is 127 Å². The minimum absolute atomic E-state index is 0.0189. The van der Waals surface area contributed by atoms with Gasteiger partial charge in [0.1, 0.15) is 5.82 Å². The molecule has 3 aromatic heterocycles. The predicted molar refractivity (Wildman–Crippen MR) is 117 cm³/mol. The number of nitrogens with zero attached hydrogens (tertiary/aromatic N) is 4. The molecule has 0 radical (unpaired) electrons. The maximum Gasteiger partial charge on any atom is 0.237 e. The second-order valence-electron chi connectivity index (χ2n) is 7.28. The van der Waals surface area contributed by atoms with Gasteiger partial charge >= 0.3 is 0 Å². The Morgan fingerprint density at radius 3 is 2.55 bits per heavy atom. The van der Waals surface area contributed by atoms with Crippen molar-refractivity contribution in [3.8, 4) is 11.1 Å². The van der Waals surface area contributed by atoms with Crippen molar-refractivity contribution >= 4 is 27.7 Å². The smallest absolute Gasteiger partial charge is 0.237 e. The summed E-state index contributed by atoms with van der Waals surface area (Å²) in [5.74, 6) is -0.458. The van der Waals surface area contributed by atoms with Gasteiger partial charge in [-0.3, -0.25) is 14.5 Å². The largest absolute Gasteiger partial charge is 0.310 e. The second kappa shape index (κ2) is 8.76. The minimum atomic E-state index is -3.48. The summed E-state index contributed by atoms with van der Waals surface area (Å²) in [6.07, 6.45) is 8.32. The van der Waals surface area contributed by atoms with Gasteiger partial charge in [-0.15, -0.1) is 0 Å². The average molecular weight is 439 g/mol. The monoisotopic (exact) mass is 438 g/mol. The van der Waals surface area contributed by atoms with Crippen LogP contribution in [0.1, 0.15) is 37.8 Å². The zero-order chi connectivity index (χ0) is 21.8. The van der Waals surface area contributed by atoms with Gasteiger partial charge in [0, 0.05) is 35.9 Å². The molecule has 0 aliphatic heterocycles. The molecule has 1 fully saturated rings. The standard InChI is InChI=1S/C21H22N6O3S/c1-2-17(18-9-11-23-21(25-18)27-31(29,30)16-6-7-16)20(28)26-19-8-5-15(13-24-19)14-4-3-10-22-12-14/h3-5,8-13,16-17H,2,6-7H2,1H3,(H,23,25,27)(H,24,26,28). The van der Waals surface area contributed by atoms with E-state index in [4.69, 9.17) is 0 Å². The molecule has 0 spiro atoms. The minimum Gasteiger partial charge on any atom is -0.310 e. The summed E-state index contributed by atoms with van der Waals surface area (Å²) in [4.78, 5) is 29.5. The fourth-order valence-electron chi connectivity index (χ4n) is 3.12. The molecule has 1 aliphatic carbocycles. The first-order valence-electron chi connectivity index (χ1n) is 9.98. The molecule has 2 N–H and O–H groups in total. The van der Waals surface area contributed by atoms with Crippen LogP contribution in [0.4, 0.5) is 11.8 Å². The summed E-state index contributed by atoms with van der Waals surface area (Å²) in [5.41, 5.74) is 2.26. The Balaban J connectivity index is 1.46. The molecule has 0 aromatic carbocycles. The number of anilines is 2. The highest BCUT2D eigenvalue weighted by molar-refractivity contribution is 7.93. The summed E-state index contributed by atoms with van der Waals surface area (Å²) >= 11 is 0. The van der Waals surface area contributed by atoms with Crippen LogP contribution in [-0.2, 0) is 14.8 Å². The number of pyridine rings is 2. The lowest BCUT2D eigenvalue weighted by Gasteiger charge is -2.15. The van der Waals surface area contributed by atoms with Gasteiger partial charge in [-0.2, -0.15) is 0 Å². The Morgan fingerprint density at radius 2 is 1.90 bits per heavy atom. The highest BCUT2D eigenvalue weighted by Gasteiger charge is 2.36. The highest BCUT2D eigenvalue weighted by Crippen LogP contribution is 2.29. The van der Waals surface area contributed by atoms with Crippen molar-refractivity contribution in [3.63, 3.8) is 0 Å². The third-order valence-corrected chi connectivity index (χ3v) is 6.78. The maximum absolute atomic E-state index is 12.9. The van der Waals surface area contributed by atoms with E-state index in [1.165, 1.54) is 6.20 Å². The lowest BCUT2D eigenvalue weighted by Crippen LogP contribution is -2.23. The fourth-order valence-corrected chi connectivity index (χ4v) is 4.40. The number of carbonyl (C=O) groups excluding carboxylic acids is 1. The van der Waals surface area contributed by atoms with Crippen molar-refractivity contribution in [2.24, 2.45) is 0 Å². The van der Waals surface area contributed by atoms with Gasteiger partial charge in [0.15, 0.2) is 0 Å². The Bertz CT molecular complexity index is 1170. The SMILES string of the molecule is CCC(C(=O)Nc1ccc(-c2cccnc2)cn1)c1ccnc(NS(=O)(=O)C2CC2)n1. The lowest BCUT2D eigenvalue weighted by atomic mass is 10.0. The first kappa shape index (κ1) is 20.9. The van der Waals surface area contributed by atoms with Crippen LogP contribution in [0.2, 0.25) is 0 Å². The first-order valence-corrected chi connectivity index (χ1v) is 11.5. The van der Waals surface area contributed by atoms with Crippen LogP contribution in [0.5, 0.6) is 0 Å². The van der Waals surface area contributed by atoms with Crippen LogP contribution in [0, 0.1) is 0 Å². The van der Waals surface area contributed by atoms with Crippen molar-refractivity contribution in [2.45, 2.75) is 37.4 Å². The van der Waals surface area contributed by atoms with Crippen LogP contribution in [0.3, 0.4) is 0 Å². The summed E-state index contributed by atoms with van der Waals surface area (Å²) < 4.78 is 26.7. The van der Waals surface area contributed by atoms with E-state index in [9.17, 15) is 13.2 Å². The van der Waals surface area contributed by atoms with Crippen LogP contribution >= 0.6 is 0 Å². The van der Waals surface area contributed by atoms with Crippen LogP contribution in [0.15, 0.2) is 55.1 Å². The molecule has 160 valence electrons. The molecule has 1 amide bonds. The normalized spacial score (nSPS) is 14.6. The Kier molecular flexibility index (Phi) is 5.90. The van der Waals surface area contributed by atoms with E-state index in [-0.39, 0.29) is 17.1 Å². The summed E-state index contributed by atoms with van der Waals surface area (Å²) in [6, 6.07) is 8.97. The van der Waals surface area contributed by atoms with Gasteiger partial charge in [0.05, 0.1) is 16.9 Å². The van der Waals surface area contributed by atoms with Crippen molar-refractivity contribution in [2.75, 3.05) is 10.0 Å². The van der Waals surface area contributed by atoms with E-state index in [0.717, 1.165) is 11.1 Å². The molecule has 1 aliphatic rings. The van der Waals surface area contributed by atoms with Crippen molar-refractivity contribution in [3.05, 3.63) is 60.8 Å².